The molecule has 2 aromatic rings. The van der Waals surface area contributed by atoms with Gasteiger partial charge in [-0.1, -0.05) is 17.8 Å². The molecule has 6 nitrogen and oxygen atoms in total. The normalized spacial score (nSPS) is 10.1. The Morgan fingerprint density at radius 3 is 2.79 bits per heavy atom. The van der Waals surface area contributed by atoms with Crippen LogP contribution in [0.25, 0.3) is 0 Å². The van der Waals surface area contributed by atoms with Gasteiger partial charge in [-0.25, -0.2) is 9.78 Å². The van der Waals surface area contributed by atoms with Gasteiger partial charge in [-0.2, -0.15) is 0 Å². The number of carbonyl (C=O) groups is 1. The maximum Gasteiger partial charge on any atom is 0.335 e. The predicted molar refractivity (Wildman–Crippen MR) is 68.4 cm³/mol. The number of pyridine rings is 1. The first-order chi connectivity index (χ1) is 9.06. The second kappa shape index (κ2) is 5.49. The number of non-ortho nitro benzene ring substituents is 1. The van der Waals surface area contributed by atoms with E-state index in [9.17, 15) is 14.9 Å². The summed E-state index contributed by atoms with van der Waals surface area (Å²) in [5.74, 6) is -1.04. The van der Waals surface area contributed by atoms with E-state index in [4.69, 9.17) is 5.11 Å². The molecule has 0 saturated carbocycles. The number of rotatable bonds is 4. The van der Waals surface area contributed by atoms with Crippen molar-refractivity contribution >= 4 is 23.4 Å². The zero-order valence-corrected chi connectivity index (χ0v) is 10.3. The molecule has 7 heteroatoms. The van der Waals surface area contributed by atoms with E-state index in [0.29, 0.717) is 9.92 Å². The molecule has 0 unspecified atom stereocenters. The molecule has 96 valence electrons. The van der Waals surface area contributed by atoms with Gasteiger partial charge in [0.15, 0.2) is 0 Å². The number of nitrogens with zero attached hydrogens (tertiary/aromatic N) is 2. The van der Waals surface area contributed by atoms with Gasteiger partial charge in [-0.05, 0) is 18.2 Å². The van der Waals surface area contributed by atoms with E-state index in [-0.39, 0.29) is 11.3 Å². The number of nitro groups is 1. The van der Waals surface area contributed by atoms with E-state index in [1.165, 1.54) is 42.2 Å². The van der Waals surface area contributed by atoms with Gasteiger partial charge < -0.3 is 5.11 Å². The van der Waals surface area contributed by atoms with Crippen molar-refractivity contribution < 1.29 is 14.8 Å². The SMILES string of the molecule is O=C(O)c1ccnc(Sc2cccc([N+](=O)[O-])c2)c1. The highest BCUT2D eigenvalue weighted by Crippen LogP contribution is 2.28. The molecule has 0 aliphatic carbocycles. The van der Waals surface area contributed by atoms with E-state index in [2.05, 4.69) is 4.98 Å². The standard InChI is InChI=1S/C12H8N2O4S/c15-12(16)8-4-5-13-11(6-8)19-10-3-1-2-9(7-10)14(17)18/h1-7H,(H,15,16). The molecule has 2 rings (SSSR count). The Balaban J connectivity index is 2.26. The number of hydrogen-bond acceptors (Lipinski definition) is 5. The summed E-state index contributed by atoms with van der Waals surface area (Å²) in [5.41, 5.74) is 0.113. The first-order valence-corrected chi connectivity index (χ1v) is 5.99. The fourth-order valence-corrected chi connectivity index (χ4v) is 2.25. The number of aromatic carboxylic acids is 1. The van der Waals surface area contributed by atoms with Crippen LogP contribution in [0, 0.1) is 10.1 Å². The molecule has 0 saturated heterocycles. The lowest BCUT2D eigenvalue weighted by Crippen LogP contribution is -1.96. The van der Waals surface area contributed by atoms with Crippen molar-refractivity contribution in [3.05, 3.63) is 58.3 Å². The molecule has 0 amide bonds. The van der Waals surface area contributed by atoms with Gasteiger partial charge in [0.25, 0.3) is 5.69 Å². The van der Waals surface area contributed by atoms with Crippen molar-refractivity contribution in [3.63, 3.8) is 0 Å². The molecule has 19 heavy (non-hydrogen) atoms. The minimum atomic E-state index is -1.04. The van der Waals surface area contributed by atoms with Gasteiger partial charge in [0.1, 0.15) is 5.03 Å². The van der Waals surface area contributed by atoms with E-state index >= 15 is 0 Å². The zero-order valence-electron chi connectivity index (χ0n) is 9.52. The number of aromatic nitrogens is 1. The topological polar surface area (TPSA) is 93.3 Å². The maximum absolute atomic E-state index is 10.8. The Bertz CT molecular complexity index is 590. The number of carboxylic acids is 1. The lowest BCUT2D eigenvalue weighted by atomic mass is 10.3. The van der Waals surface area contributed by atoms with Crippen LogP contribution in [0.2, 0.25) is 0 Å². The lowest BCUT2D eigenvalue weighted by Gasteiger charge is -2.01. The van der Waals surface area contributed by atoms with E-state index in [0.717, 1.165) is 0 Å². The molecule has 0 aliphatic heterocycles. The van der Waals surface area contributed by atoms with Gasteiger partial charge in [0.2, 0.25) is 0 Å². The molecule has 0 radical (unpaired) electrons. The van der Waals surface area contributed by atoms with Crippen molar-refractivity contribution in [1.29, 1.82) is 0 Å². The minimum absolute atomic E-state index is 0.0145. The maximum atomic E-state index is 10.8. The van der Waals surface area contributed by atoms with Crippen LogP contribution in [-0.4, -0.2) is 21.0 Å². The van der Waals surface area contributed by atoms with E-state index in [1.54, 1.807) is 12.1 Å². The largest absolute Gasteiger partial charge is 0.478 e. The summed E-state index contributed by atoms with van der Waals surface area (Å²) in [6.07, 6.45) is 1.39. The summed E-state index contributed by atoms with van der Waals surface area (Å²) >= 11 is 1.17. The van der Waals surface area contributed by atoms with Crippen molar-refractivity contribution in [2.45, 2.75) is 9.92 Å². The van der Waals surface area contributed by atoms with Crippen LogP contribution < -0.4 is 0 Å². The van der Waals surface area contributed by atoms with Crippen molar-refractivity contribution in [3.8, 4) is 0 Å². The summed E-state index contributed by atoms with van der Waals surface area (Å²) in [6, 6.07) is 8.89. The van der Waals surface area contributed by atoms with Gasteiger partial charge in [0.05, 0.1) is 10.5 Å². The lowest BCUT2D eigenvalue weighted by molar-refractivity contribution is -0.385. The van der Waals surface area contributed by atoms with Gasteiger partial charge in [0, 0.05) is 23.2 Å². The Labute approximate surface area is 112 Å². The highest BCUT2D eigenvalue weighted by atomic mass is 32.2. The monoisotopic (exact) mass is 276 g/mol. The molecule has 0 aliphatic rings. The van der Waals surface area contributed by atoms with Crippen molar-refractivity contribution in [2.24, 2.45) is 0 Å². The second-order valence-electron chi connectivity index (χ2n) is 3.54. The predicted octanol–water partition coefficient (Wildman–Crippen LogP) is 2.84. The number of hydrogen-bond donors (Lipinski definition) is 1. The Kier molecular flexibility index (Phi) is 3.76. The highest BCUT2D eigenvalue weighted by Gasteiger charge is 2.09. The molecule has 1 aromatic carbocycles. The molecular formula is C12H8N2O4S. The van der Waals surface area contributed by atoms with Crippen molar-refractivity contribution in [1.82, 2.24) is 4.98 Å². The molecule has 1 N–H and O–H groups in total. The quantitative estimate of drug-likeness (QED) is 0.681. The smallest absolute Gasteiger partial charge is 0.335 e. The van der Waals surface area contributed by atoms with Crippen LogP contribution in [0.4, 0.5) is 5.69 Å². The first kappa shape index (κ1) is 13.0. The van der Waals surface area contributed by atoms with Crippen LogP contribution in [0.5, 0.6) is 0 Å². The average molecular weight is 276 g/mol. The molecule has 1 aromatic heterocycles. The third kappa shape index (κ3) is 3.29. The highest BCUT2D eigenvalue weighted by molar-refractivity contribution is 7.99. The van der Waals surface area contributed by atoms with E-state index < -0.39 is 10.9 Å². The van der Waals surface area contributed by atoms with Crippen LogP contribution in [0.15, 0.2) is 52.5 Å². The molecule has 0 fully saturated rings. The number of carboxylic acid groups (broad SMARTS) is 1. The molecular weight excluding hydrogens is 268 g/mol. The summed E-state index contributed by atoms with van der Waals surface area (Å²) in [6.45, 7) is 0. The van der Waals surface area contributed by atoms with E-state index in [1.807, 2.05) is 0 Å². The van der Waals surface area contributed by atoms with Crippen LogP contribution in [0.3, 0.4) is 0 Å². The third-order valence-electron chi connectivity index (χ3n) is 2.23. The molecule has 1 heterocycles. The zero-order chi connectivity index (χ0) is 13.8. The van der Waals surface area contributed by atoms with Crippen LogP contribution >= 0.6 is 11.8 Å². The molecule has 0 atom stereocenters. The Morgan fingerprint density at radius 2 is 2.11 bits per heavy atom. The third-order valence-corrected chi connectivity index (χ3v) is 3.15. The molecule has 0 bridgehead atoms. The molecule has 0 spiro atoms. The van der Waals surface area contributed by atoms with Gasteiger partial charge >= 0.3 is 5.97 Å². The first-order valence-electron chi connectivity index (χ1n) is 5.18. The van der Waals surface area contributed by atoms with Crippen LogP contribution in [-0.2, 0) is 0 Å². The van der Waals surface area contributed by atoms with Gasteiger partial charge in [-0.15, -0.1) is 0 Å². The number of nitro benzene ring substituents is 1. The average Bonchev–Trinajstić information content (AvgIpc) is 2.39. The van der Waals surface area contributed by atoms with Gasteiger partial charge in [-0.3, -0.25) is 10.1 Å². The fourth-order valence-electron chi connectivity index (χ4n) is 1.38. The fraction of sp³-hybridized carbons (Fsp3) is 0. The van der Waals surface area contributed by atoms with Crippen molar-refractivity contribution in [2.75, 3.05) is 0 Å². The second-order valence-corrected chi connectivity index (χ2v) is 4.64. The Morgan fingerprint density at radius 1 is 1.32 bits per heavy atom. The summed E-state index contributed by atoms with van der Waals surface area (Å²) in [4.78, 5) is 25.6. The van der Waals surface area contributed by atoms with Crippen LogP contribution in [0.1, 0.15) is 10.4 Å². The Hall–Kier alpha value is -2.41. The summed E-state index contributed by atoms with van der Waals surface area (Å²) < 4.78 is 0. The summed E-state index contributed by atoms with van der Waals surface area (Å²) in [7, 11) is 0. The minimum Gasteiger partial charge on any atom is -0.478 e. The summed E-state index contributed by atoms with van der Waals surface area (Å²) in [5, 5.41) is 20.0. The number of benzene rings is 1.